The number of hydrogen-bond donors (Lipinski definition) is 0. The fourth-order valence-electron chi connectivity index (χ4n) is 2.09. The molecule has 0 saturated carbocycles. The van der Waals surface area contributed by atoms with Crippen molar-refractivity contribution in [3.8, 4) is 0 Å². The van der Waals surface area contributed by atoms with E-state index in [1.54, 1.807) is 32.9 Å². The summed E-state index contributed by atoms with van der Waals surface area (Å²) in [6.07, 6.45) is 5.05. The second kappa shape index (κ2) is 4.48. The van der Waals surface area contributed by atoms with Gasteiger partial charge < -0.3 is 10.3 Å². The lowest BCUT2D eigenvalue weighted by molar-refractivity contribution is -0.124. The second-order valence-electron chi connectivity index (χ2n) is 5.41. The molecule has 0 bridgehead atoms. The average molecular weight is 261 g/mol. The van der Waals surface area contributed by atoms with Crippen molar-refractivity contribution < 1.29 is 19.1 Å². The zero-order valence-corrected chi connectivity index (χ0v) is 11.1. The fraction of sp³-hybridized carbons (Fsp3) is 0.462. The van der Waals surface area contributed by atoms with Crippen LogP contribution in [0.2, 0.25) is 0 Å². The van der Waals surface area contributed by atoms with Crippen LogP contribution in [-0.4, -0.2) is 33.0 Å². The van der Waals surface area contributed by atoms with Crippen molar-refractivity contribution in [1.29, 1.82) is 0 Å². The lowest BCUT2D eigenvalue weighted by Gasteiger charge is -2.24. The largest absolute Gasteiger partial charge is 0.443 e. The third-order valence-electron chi connectivity index (χ3n) is 2.83. The number of imide groups is 1. The molecule has 0 aromatic heterocycles. The van der Waals surface area contributed by atoms with Crippen LogP contribution >= 0.6 is 0 Å². The molecule has 1 atom stereocenters. The number of hydrogen-bond acceptors (Lipinski definition) is 3. The van der Waals surface area contributed by atoms with E-state index in [0.29, 0.717) is 12.1 Å². The van der Waals surface area contributed by atoms with E-state index in [2.05, 4.69) is 4.79 Å². The quantitative estimate of drug-likeness (QED) is 0.493. The molecule has 1 fully saturated rings. The first kappa shape index (κ1) is 13.2. The summed E-state index contributed by atoms with van der Waals surface area (Å²) in [5.41, 5.74) is 8.72. The number of carbonyl (C=O) groups is 2. The van der Waals surface area contributed by atoms with Crippen LogP contribution in [0.4, 0.5) is 4.79 Å². The molecule has 19 heavy (non-hydrogen) atoms. The molecule has 1 aliphatic carbocycles. The first-order chi connectivity index (χ1) is 8.85. The van der Waals surface area contributed by atoms with Gasteiger partial charge in [-0.25, -0.2) is 9.69 Å². The van der Waals surface area contributed by atoms with Crippen LogP contribution in [0, 0.1) is 5.92 Å². The van der Waals surface area contributed by atoms with Crippen molar-refractivity contribution >= 4 is 17.7 Å². The van der Waals surface area contributed by atoms with Gasteiger partial charge >= 0.3 is 17.7 Å². The number of amides is 2. The summed E-state index contributed by atoms with van der Waals surface area (Å²) >= 11 is 0. The minimum atomic E-state index is -0.747. The number of rotatable bonds is 0. The van der Waals surface area contributed by atoms with E-state index in [4.69, 9.17) is 10.3 Å². The summed E-state index contributed by atoms with van der Waals surface area (Å²) in [7, 11) is 0. The van der Waals surface area contributed by atoms with Gasteiger partial charge in [-0.2, -0.15) is 4.79 Å². The zero-order valence-electron chi connectivity index (χ0n) is 11.1. The van der Waals surface area contributed by atoms with Gasteiger partial charge in [0.05, 0.1) is 0 Å². The van der Waals surface area contributed by atoms with Crippen LogP contribution in [0.1, 0.15) is 27.2 Å². The molecular formula is C13H15N3O3. The van der Waals surface area contributed by atoms with Crippen molar-refractivity contribution in [2.45, 2.75) is 32.8 Å². The molecule has 0 N–H and O–H groups in total. The standard InChI is InChI=1S/C13H15N3O3/c1-13(2,3)19-12(18)16-9-7-5-4-6-8(9)10(15-14)11(16)17/h4-5,7-8H,6H2,1-3H3. The minimum absolute atomic E-state index is 0.0264. The Morgan fingerprint density at radius 3 is 2.79 bits per heavy atom. The summed E-state index contributed by atoms with van der Waals surface area (Å²) in [6, 6.07) is 0. The highest BCUT2D eigenvalue weighted by Crippen LogP contribution is 2.33. The van der Waals surface area contributed by atoms with Crippen molar-refractivity contribution in [3.63, 3.8) is 0 Å². The van der Waals surface area contributed by atoms with Gasteiger partial charge in [0.15, 0.2) is 0 Å². The van der Waals surface area contributed by atoms with Crippen molar-refractivity contribution in [1.82, 2.24) is 4.90 Å². The van der Waals surface area contributed by atoms with Gasteiger partial charge in [-0.05, 0) is 33.3 Å². The highest BCUT2D eigenvalue weighted by atomic mass is 16.6. The van der Waals surface area contributed by atoms with Crippen molar-refractivity contribution in [2.75, 3.05) is 0 Å². The van der Waals surface area contributed by atoms with Crippen LogP contribution in [0.5, 0.6) is 0 Å². The Balaban J connectivity index is 2.37. The third-order valence-corrected chi connectivity index (χ3v) is 2.83. The zero-order chi connectivity index (χ0) is 14.2. The van der Waals surface area contributed by atoms with Crippen LogP contribution in [-0.2, 0) is 9.53 Å². The van der Waals surface area contributed by atoms with E-state index < -0.39 is 17.6 Å². The lowest BCUT2D eigenvalue weighted by Crippen LogP contribution is -2.38. The number of carbonyl (C=O) groups excluding carboxylic acids is 2. The molecule has 0 aromatic carbocycles. The minimum Gasteiger partial charge on any atom is -0.443 e. The van der Waals surface area contributed by atoms with Crippen LogP contribution < -0.4 is 0 Å². The van der Waals surface area contributed by atoms with Gasteiger partial charge in [-0.1, -0.05) is 12.2 Å². The van der Waals surface area contributed by atoms with Gasteiger partial charge in [0.1, 0.15) is 11.5 Å². The maximum Gasteiger partial charge on any atom is 0.421 e. The van der Waals surface area contributed by atoms with Crippen LogP contribution in [0.25, 0.3) is 5.53 Å². The number of ether oxygens (including phenoxy) is 1. The van der Waals surface area contributed by atoms with Crippen molar-refractivity contribution in [2.24, 2.45) is 5.92 Å². The Morgan fingerprint density at radius 2 is 2.21 bits per heavy atom. The predicted molar refractivity (Wildman–Crippen MR) is 67.0 cm³/mol. The molecule has 1 saturated heterocycles. The van der Waals surface area contributed by atoms with Crippen LogP contribution in [0.15, 0.2) is 23.9 Å². The molecule has 2 rings (SSSR count). The van der Waals surface area contributed by atoms with E-state index in [1.165, 1.54) is 0 Å². The van der Waals surface area contributed by atoms with Crippen molar-refractivity contribution in [3.05, 3.63) is 29.5 Å². The number of allylic oxidation sites excluding steroid dienone is 4. The van der Waals surface area contributed by atoms with Gasteiger partial charge in [0.25, 0.3) is 0 Å². The van der Waals surface area contributed by atoms with Gasteiger partial charge in [0, 0.05) is 5.70 Å². The molecule has 6 heteroatoms. The fourth-order valence-corrected chi connectivity index (χ4v) is 2.09. The topological polar surface area (TPSA) is 83.0 Å². The van der Waals surface area contributed by atoms with E-state index >= 15 is 0 Å². The van der Waals surface area contributed by atoms with Crippen LogP contribution in [0.3, 0.4) is 0 Å². The summed E-state index contributed by atoms with van der Waals surface area (Å²) in [4.78, 5) is 28.1. The molecular weight excluding hydrogens is 246 g/mol. The molecule has 2 aliphatic rings. The van der Waals surface area contributed by atoms with E-state index in [0.717, 1.165) is 4.90 Å². The number of fused-ring (bicyclic) bond motifs is 1. The molecule has 6 nitrogen and oxygen atoms in total. The first-order valence-corrected chi connectivity index (χ1v) is 6.01. The molecule has 0 spiro atoms. The summed E-state index contributed by atoms with van der Waals surface area (Å²) in [5.74, 6) is -1.01. The second-order valence-corrected chi connectivity index (χ2v) is 5.41. The lowest BCUT2D eigenvalue weighted by atomic mass is 9.95. The van der Waals surface area contributed by atoms with Gasteiger partial charge in [0.2, 0.25) is 0 Å². The average Bonchev–Trinajstić information content (AvgIpc) is 2.58. The van der Waals surface area contributed by atoms with Gasteiger partial charge in [-0.15, -0.1) is 0 Å². The maximum absolute atomic E-state index is 12.1. The SMILES string of the molecule is CC(C)(C)OC(=O)N1C(=O)C(=[N+]=[N-])C2CC=CC=C21. The smallest absolute Gasteiger partial charge is 0.421 e. The summed E-state index contributed by atoms with van der Waals surface area (Å²) < 4.78 is 5.20. The monoisotopic (exact) mass is 261 g/mol. The molecule has 1 heterocycles. The highest BCUT2D eigenvalue weighted by Gasteiger charge is 2.51. The Kier molecular flexibility index (Phi) is 3.12. The van der Waals surface area contributed by atoms with E-state index in [9.17, 15) is 9.59 Å². The molecule has 1 aliphatic heterocycles. The van der Waals surface area contributed by atoms with E-state index in [-0.39, 0.29) is 11.6 Å². The Bertz CT molecular complexity index is 548. The Hall–Kier alpha value is -2.20. The van der Waals surface area contributed by atoms with Gasteiger partial charge in [-0.3, -0.25) is 4.79 Å². The Labute approximate surface area is 111 Å². The maximum atomic E-state index is 12.1. The molecule has 1 unspecified atom stereocenters. The molecule has 100 valence electrons. The molecule has 0 radical (unpaired) electrons. The summed E-state index contributed by atoms with van der Waals surface area (Å²) in [5, 5.41) is 0. The van der Waals surface area contributed by atoms with E-state index in [1.807, 2.05) is 6.08 Å². The Morgan fingerprint density at radius 1 is 1.53 bits per heavy atom. The number of likely N-dealkylation sites (tertiary alicyclic amines) is 1. The first-order valence-electron chi connectivity index (χ1n) is 6.01. The number of nitrogens with zero attached hydrogens (tertiary/aromatic N) is 3. The third kappa shape index (κ3) is 2.35. The molecule has 0 aromatic rings. The molecule has 2 amide bonds. The predicted octanol–water partition coefficient (Wildman–Crippen LogP) is 1.89. The highest BCUT2D eigenvalue weighted by molar-refractivity contribution is 6.43. The summed E-state index contributed by atoms with van der Waals surface area (Å²) in [6.45, 7) is 5.16. The normalized spacial score (nSPS) is 21.9.